The molecule has 0 spiro atoms. The number of hydrogen-bond acceptors (Lipinski definition) is 1. The first-order chi connectivity index (χ1) is 8.09. The van der Waals surface area contributed by atoms with Crippen LogP contribution >= 0.6 is 23.2 Å². The Morgan fingerprint density at radius 2 is 2.06 bits per heavy atom. The first kappa shape index (κ1) is 13.2. The van der Waals surface area contributed by atoms with Crippen LogP contribution in [0.15, 0.2) is 18.2 Å². The Kier molecular flexibility index (Phi) is 4.35. The summed E-state index contributed by atoms with van der Waals surface area (Å²) in [5.74, 6) is 1.82. The molecule has 17 heavy (non-hydrogen) atoms. The molecule has 1 heterocycles. The molecule has 2 rings (SSSR count). The SMILES string of the molecule is CC(C)C1CNCCC1c1cc(Cl)ccc1Cl. The molecule has 0 amide bonds. The molecule has 1 aliphatic rings. The van der Waals surface area contributed by atoms with Gasteiger partial charge in [-0.25, -0.2) is 0 Å². The van der Waals surface area contributed by atoms with E-state index in [-0.39, 0.29) is 0 Å². The van der Waals surface area contributed by atoms with Gasteiger partial charge in [0.1, 0.15) is 0 Å². The average molecular weight is 272 g/mol. The fraction of sp³-hybridized carbons (Fsp3) is 0.571. The van der Waals surface area contributed by atoms with Crippen molar-refractivity contribution in [2.75, 3.05) is 13.1 Å². The number of rotatable bonds is 2. The van der Waals surface area contributed by atoms with Crippen molar-refractivity contribution in [3.05, 3.63) is 33.8 Å². The fourth-order valence-corrected chi connectivity index (χ4v) is 3.21. The second-order valence-corrected chi connectivity index (χ2v) is 6.02. The van der Waals surface area contributed by atoms with Crippen LogP contribution in [0.25, 0.3) is 0 Å². The molecule has 1 aliphatic heterocycles. The lowest BCUT2D eigenvalue weighted by Crippen LogP contribution is -2.38. The minimum atomic E-state index is 0.530. The third kappa shape index (κ3) is 2.96. The van der Waals surface area contributed by atoms with Gasteiger partial charge in [-0.3, -0.25) is 0 Å². The second kappa shape index (κ2) is 5.60. The van der Waals surface area contributed by atoms with Crippen molar-refractivity contribution >= 4 is 23.2 Å². The lowest BCUT2D eigenvalue weighted by molar-refractivity contribution is 0.255. The zero-order valence-electron chi connectivity index (χ0n) is 10.3. The molecule has 1 saturated heterocycles. The van der Waals surface area contributed by atoms with Crippen molar-refractivity contribution in [1.82, 2.24) is 5.32 Å². The maximum Gasteiger partial charge on any atom is 0.0441 e. The highest BCUT2D eigenvalue weighted by Crippen LogP contribution is 2.39. The summed E-state index contributed by atoms with van der Waals surface area (Å²) < 4.78 is 0. The summed E-state index contributed by atoms with van der Waals surface area (Å²) in [4.78, 5) is 0. The normalized spacial score (nSPS) is 25.2. The summed E-state index contributed by atoms with van der Waals surface area (Å²) in [7, 11) is 0. The fourth-order valence-electron chi connectivity index (χ4n) is 2.77. The van der Waals surface area contributed by atoms with E-state index in [1.807, 2.05) is 18.2 Å². The zero-order chi connectivity index (χ0) is 12.4. The van der Waals surface area contributed by atoms with Crippen LogP contribution < -0.4 is 5.32 Å². The van der Waals surface area contributed by atoms with Crippen LogP contribution in [0.5, 0.6) is 0 Å². The molecule has 2 atom stereocenters. The van der Waals surface area contributed by atoms with Gasteiger partial charge in [-0.05, 0) is 61.0 Å². The lowest BCUT2D eigenvalue weighted by Gasteiger charge is -2.35. The van der Waals surface area contributed by atoms with Gasteiger partial charge in [0.05, 0.1) is 0 Å². The van der Waals surface area contributed by atoms with Gasteiger partial charge in [0.25, 0.3) is 0 Å². The molecular formula is C14H19Cl2N. The van der Waals surface area contributed by atoms with E-state index >= 15 is 0 Å². The molecule has 94 valence electrons. The van der Waals surface area contributed by atoms with E-state index in [2.05, 4.69) is 19.2 Å². The molecular weight excluding hydrogens is 253 g/mol. The molecule has 1 aromatic rings. The first-order valence-corrected chi connectivity index (χ1v) is 7.01. The van der Waals surface area contributed by atoms with Crippen molar-refractivity contribution in [2.45, 2.75) is 26.2 Å². The predicted molar refractivity (Wildman–Crippen MR) is 75.0 cm³/mol. The van der Waals surface area contributed by atoms with Crippen molar-refractivity contribution in [1.29, 1.82) is 0 Å². The highest BCUT2D eigenvalue weighted by atomic mass is 35.5. The van der Waals surface area contributed by atoms with Crippen molar-refractivity contribution in [2.24, 2.45) is 11.8 Å². The minimum absolute atomic E-state index is 0.530. The summed E-state index contributed by atoms with van der Waals surface area (Å²) in [6, 6.07) is 5.81. The number of piperidine rings is 1. The van der Waals surface area contributed by atoms with Crippen LogP contribution in [-0.4, -0.2) is 13.1 Å². The molecule has 0 radical (unpaired) electrons. The Morgan fingerprint density at radius 3 is 2.76 bits per heavy atom. The monoisotopic (exact) mass is 271 g/mol. The van der Waals surface area contributed by atoms with Gasteiger partial charge in [0.15, 0.2) is 0 Å². The molecule has 1 N–H and O–H groups in total. The number of halogens is 2. The smallest absolute Gasteiger partial charge is 0.0441 e. The van der Waals surface area contributed by atoms with E-state index in [1.165, 1.54) is 5.56 Å². The molecule has 1 aromatic carbocycles. The summed E-state index contributed by atoms with van der Waals surface area (Å²) in [5.41, 5.74) is 1.22. The van der Waals surface area contributed by atoms with Gasteiger partial charge in [0, 0.05) is 10.0 Å². The molecule has 0 aliphatic carbocycles. The Balaban J connectivity index is 2.32. The lowest BCUT2D eigenvalue weighted by atomic mass is 9.75. The Bertz CT molecular complexity index is 390. The van der Waals surface area contributed by atoms with Crippen LogP contribution in [-0.2, 0) is 0 Å². The quantitative estimate of drug-likeness (QED) is 0.844. The number of hydrogen-bond donors (Lipinski definition) is 1. The summed E-state index contributed by atoms with van der Waals surface area (Å²) in [6.07, 6.45) is 1.14. The average Bonchev–Trinajstić information content (AvgIpc) is 2.32. The first-order valence-electron chi connectivity index (χ1n) is 6.25. The largest absolute Gasteiger partial charge is 0.316 e. The van der Waals surface area contributed by atoms with Crippen molar-refractivity contribution in [3.63, 3.8) is 0 Å². The maximum atomic E-state index is 6.32. The van der Waals surface area contributed by atoms with Gasteiger partial charge in [-0.1, -0.05) is 37.0 Å². The van der Waals surface area contributed by atoms with Crippen molar-refractivity contribution in [3.8, 4) is 0 Å². The van der Waals surface area contributed by atoms with Crippen molar-refractivity contribution < 1.29 is 0 Å². The Labute approximate surface area is 114 Å². The molecule has 1 nitrogen and oxygen atoms in total. The third-order valence-corrected chi connectivity index (χ3v) is 4.32. The molecule has 0 saturated carbocycles. The molecule has 1 fully saturated rings. The van der Waals surface area contributed by atoms with Gasteiger partial charge >= 0.3 is 0 Å². The molecule has 3 heteroatoms. The molecule has 0 bridgehead atoms. The van der Waals surface area contributed by atoms with Crippen LogP contribution in [0.1, 0.15) is 31.7 Å². The molecule has 0 aromatic heterocycles. The van der Waals surface area contributed by atoms with Gasteiger partial charge < -0.3 is 5.32 Å². The molecule has 2 unspecified atom stereocenters. The predicted octanol–water partition coefficient (Wildman–Crippen LogP) is 4.34. The van der Waals surface area contributed by atoms with Gasteiger partial charge in [0.2, 0.25) is 0 Å². The van der Waals surface area contributed by atoms with E-state index in [0.717, 1.165) is 29.6 Å². The standard InChI is InChI=1S/C14H19Cl2N/c1-9(2)13-8-17-6-5-11(13)12-7-10(15)3-4-14(12)16/h3-4,7,9,11,13,17H,5-6,8H2,1-2H3. The van der Waals surface area contributed by atoms with Gasteiger partial charge in [-0.15, -0.1) is 0 Å². The van der Waals surface area contributed by atoms with E-state index in [1.54, 1.807) is 0 Å². The van der Waals surface area contributed by atoms with Crippen LogP contribution in [0.3, 0.4) is 0 Å². The maximum absolute atomic E-state index is 6.32. The second-order valence-electron chi connectivity index (χ2n) is 5.17. The third-order valence-electron chi connectivity index (χ3n) is 3.74. The highest BCUT2D eigenvalue weighted by Gasteiger charge is 2.29. The van der Waals surface area contributed by atoms with Crippen LogP contribution in [0.2, 0.25) is 10.0 Å². The topological polar surface area (TPSA) is 12.0 Å². The summed E-state index contributed by atoms with van der Waals surface area (Å²) in [6.45, 7) is 6.70. The van der Waals surface area contributed by atoms with Gasteiger partial charge in [-0.2, -0.15) is 0 Å². The highest BCUT2D eigenvalue weighted by molar-refractivity contribution is 6.33. The van der Waals surface area contributed by atoms with Crippen LogP contribution in [0.4, 0.5) is 0 Å². The number of benzene rings is 1. The van der Waals surface area contributed by atoms with E-state index in [4.69, 9.17) is 23.2 Å². The number of nitrogens with one attached hydrogen (secondary N) is 1. The van der Waals surface area contributed by atoms with E-state index < -0.39 is 0 Å². The van der Waals surface area contributed by atoms with E-state index in [0.29, 0.717) is 17.8 Å². The Hall–Kier alpha value is -0.240. The summed E-state index contributed by atoms with van der Waals surface area (Å²) in [5, 5.41) is 5.11. The minimum Gasteiger partial charge on any atom is -0.316 e. The van der Waals surface area contributed by atoms with Crippen LogP contribution in [0, 0.1) is 11.8 Å². The van der Waals surface area contributed by atoms with E-state index in [9.17, 15) is 0 Å². The zero-order valence-corrected chi connectivity index (χ0v) is 11.9. The Morgan fingerprint density at radius 1 is 1.29 bits per heavy atom. The summed E-state index contributed by atoms with van der Waals surface area (Å²) >= 11 is 12.4.